The van der Waals surface area contributed by atoms with Gasteiger partial charge in [0.05, 0.1) is 12.2 Å². The molecule has 6 heteroatoms. The second kappa shape index (κ2) is 7.86. The average Bonchev–Trinajstić information content (AvgIpc) is 2.54. The van der Waals surface area contributed by atoms with Crippen molar-refractivity contribution in [3.05, 3.63) is 65.2 Å². The number of hydrogen-bond acceptors (Lipinski definition) is 2. The Morgan fingerprint density at radius 3 is 2.46 bits per heavy atom. The Kier molecular flexibility index (Phi) is 5.84. The molecule has 128 valence electrons. The number of rotatable bonds is 6. The number of aryl methyl sites for hydroxylation is 1. The van der Waals surface area contributed by atoms with Crippen molar-refractivity contribution in [1.82, 2.24) is 5.32 Å². The lowest BCUT2D eigenvalue weighted by Gasteiger charge is -2.09. The van der Waals surface area contributed by atoms with Crippen LogP contribution in [0.4, 0.5) is 13.2 Å². The third-order valence-electron chi connectivity index (χ3n) is 3.34. The predicted molar refractivity (Wildman–Crippen MR) is 85.1 cm³/mol. The van der Waals surface area contributed by atoms with Gasteiger partial charge in [-0.05, 0) is 55.3 Å². The summed E-state index contributed by atoms with van der Waals surface area (Å²) >= 11 is 0. The highest BCUT2D eigenvalue weighted by Gasteiger charge is 2.30. The van der Waals surface area contributed by atoms with Crippen LogP contribution in [0, 0.1) is 6.92 Å². The monoisotopic (exact) mass is 337 g/mol. The Hall–Kier alpha value is -2.50. The number of amides is 1. The van der Waals surface area contributed by atoms with E-state index in [1.54, 1.807) is 0 Å². The van der Waals surface area contributed by atoms with Crippen molar-refractivity contribution in [3.63, 3.8) is 0 Å². The molecule has 0 heterocycles. The van der Waals surface area contributed by atoms with Gasteiger partial charge in [0.2, 0.25) is 0 Å². The molecule has 1 amide bonds. The van der Waals surface area contributed by atoms with Crippen LogP contribution in [0.2, 0.25) is 0 Å². The Bertz CT molecular complexity index is 681. The summed E-state index contributed by atoms with van der Waals surface area (Å²) in [4.78, 5) is 11.9. The standard InChI is InChI=1S/C18H18F3NO2/c1-13-4-2-5-16(12-13)24-11-3-10-22-17(23)14-6-8-15(9-7-14)18(19,20)21/h2,4-9,12H,3,10-11H2,1H3,(H,22,23). The molecule has 0 saturated heterocycles. The van der Waals surface area contributed by atoms with Crippen LogP contribution in [0.3, 0.4) is 0 Å². The summed E-state index contributed by atoms with van der Waals surface area (Å²) in [5, 5.41) is 2.65. The minimum atomic E-state index is -4.40. The van der Waals surface area contributed by atoms with Gasteiger partial charge in [-0.3, -0.25) is 4.79 Å². The number of alkyl halides is 3. The minimum absolute atomic E-state index is 0.197. The van der Waals surface area contributed by atoms with Crippen molar-refractivity contribution in [2.75, 3.05) is 13.2 Å². The first-order valence-electron chi connectivity index (χ1n) is 7.51. The highest BCUT2D eigenvalue weighted by molar-refractivity contribution is 5.94. The molecule has 0 fully saturated rings. The molecule has 0 spiro atoms. The SMILES string of the molecule is Cc1cccc(OCCCNC(=O)c2ccc(C(F)(F)F)cc2)c1. The largest absolute Gasteiger partial charge is 0.494 e. The third kappa shape index (κ3) is 5.30. The van der Waals surface area contributed by atoms with Crippen LogP contribution in [0.25, 0.3) is 0 Å². The van der Waals surface area contributed by atoms with Gasteiger partial charge < -0.3 is 10.1 Å². The fourth-order valence-electron chi connectivity index (χ4n) is 2.08. The molecule has 2 aromatic rings. The zero-order valence-electron chi connectivity index (χ0n) is 13.2. The summed E-state index contributed by atoms with van der Waals surface area (Å²) in [6, 6.07) is 11.8. The van der Waals surface area contributed by atoms with Crippen molar-refractivity contribution in [2.45, 2.75) is 19.5 Å². The number of nitrogens with one attached hydrogen (secondary N) is 1. The van der Waals surface area contributed by atoms with Gasteiger partial charge in [0, 0.05) is 12.1 Å². The number of halogens is 3. The Balaban J connectivity index is 1.73. The van der Waals surface area contributed by atoms with Crippen molar-refractivity contribution in [1.29, 1.82) is 0 Å². The number of carbonyl (C=O) groups excluding carboxylic acids is 1. The van der Waals surface area contributed by atoms with E-state index in [0.29, 0.717) is 19.6 Å². The van der Waals surface area contributed by atoms with Crippen molar-refractivity contribution in [3.8, 4) is 5.75 Å². The first kappa shape index (κ1) is 17.8. The van der Waals surface area contributed by atoms with Gasteiger partial charge in [-0.2, -0.15) is 13.2 Å². The maximum atomic E-state index is 12.5. The van der Waals surface area contributed by atoms with Gasteiger partial charge in [0.15, 0.2) is 0 Å². The minimum Gasteiger partial charge on any atom is -0.494 e. The number of hydrogen-bond donors (Lipinski definition) is 1. The first-order chi connectivity index (χ1) is 11.4. The quantitative estimate of drug-likeness (QED) is 0.802. The van der Waals surface area contributed by atoms with E-state index < -0.39 is 17.6 Å². The topological polar surface area (TPSA) is 38.3 Å². The van der Waals surface area contributed by atoms with Gasteiger partial charge >= 0.3 is 6.18 Å². The first-order valence-corrected chi connectivity index (χ1v) is 7.51. The average molecular weight is 337 g/mol. The molecule has 0 saturated carbocycles. The highest BCUT2D eigenvalue weighted by Crippen LogP contribution is 2.29. The molecule has 0 atom stereocenters. The van der Waals surface area contributed by atoms with Crippen molar-refractivity contribution >= 4 is 5.91 Å². The van der Waals surface area contributed by atoms with Crippen LogP contribution in [-0.2, 0) is 6.18 Å². The number of carbonyl (C=O) groups is 1. The summed E-state index contributed by atoms with van der Waals surface area (Å²) in [5.74, 6) is 0.364. The van der Waals surface area contributed by atoms with Crippen LogP contribution in [-0.4, -0.2) is 19.1 Å². The number of benzene rings is 2. The van der Waals surface area contributed by atoms with E-state index in [0.717, 1.165) is 23.4 Å². The zero-order chi connectivity index (χ0) is 17.6. The normalized spacial score (nSPS) is 11.2. The van der Waals surface area contributed by atoms with E-state index in [1.807, 2.05) is 31.2 Å². The lowest BCUT2D eigenvalue weighted by Crippen LogP contribution is -2.25. The van der Waals surface area contributed by atoms with Crippen LogP contribution in [0.15, 0.2) is 48.5 Å². The van der Waals surface area contributed by atoms with Crippen LogP contribution < -0.4 is 10.1 Å². The maximum Gasteiger partial charge on any atom is 0.416 e. The Morgan fingerprint density at radius 1 is 1.12 bits per heavy atom. The second-order valence-corrected chi connectivity index (χ2v) is 5.35. The smallest absolute Gasteiger partial charge is 0.416 e. The molecule has 0 aliphatic heterocycles. The Morgan fingerprint density at radius 2 is 1.83 bits per heavy atom. The molecule has 0 unspecified atom stereocenters. The molecule has 0 aliphatic rings. The van der Waals surface area contributed by atoms with Crippen LogP contribution in [0.1, 0.15) is 27.9 Å². The molecule has 0 bridgehead atoms. The molecule has 1 N–H and O–H groups in total. The van der Waals surface area contributed by atoms with E-state index in [-0.39, 0.29) is 5.56 Å². The summed E-state index contributed by atoms with van der Waals surface area (Å²) in [7, 11) is 0. The van der Waals surface area contributed by atoms with Crippen molar-refractivity contribution < 1.29 is 22.7 Å². The van der Waals surface area contributed by atoms with Gasteiger partial charge in [-0.25, -0.2) is 0 Å². The van der Waals surface area contributed by atoms with E-state index in [2.05, 4.69) is 5.32 Å². The molecule has 2 aromatic carbocycles. The third-order valence-corrected chi connectivity index (χ3v) is 3.34. The molecular formula is C18H18F3NO2. The van der Waals surface area contributed by atoms with Crippen LogP contribution >= 0.6 is 0 Å². The highest BCUT2D eigenvalue weighted by atomic mass is 19.4. The van der Waals surface area contributed by atoms with Gasteiger partial charge in [0.25, 0.3) is 5.91 Å². The lowest BCUT2D eigenvalue weighted by molar-refractivity contribution is -0.137. The summed E-state index contributed by atoms with van der Waals surface area (Å²) in [6.07, 6.45) is -3.80. The molecular weight excluding hydrogens is 319 g/mol. The summed E-state index contributed by atoms with van der Waals surface area (Å²) in [5.41, 5.74) is 0.524. The fraction of sp³-hybridized carbons (Fsp3) is 0.278. The Labute approximate surface area is 138 Å². The number of ether oxygens (including phenoxy) is 1. The van der Waals surface area contributed by atoms with Crippen LogP contribution in [0.5, 0.6) is 5.75 Å². The van der Waals surface area contributed by atoms with Gasteiger partial charge in [0.1, 0.15) is 5.75 Å². The molecule has 0 aliphatic carbocycles. The van der Waals surface area contributed by atoms with Gasteiger partial charge in [-0.15, -0.1) is 0 Å². The van der Waals surface area contributed by atoms with E-state index in [9.17, 15) is 18.0 Å². The van der Waals surface area contributed by atoms with E-state index in [1.165, 1.54) is 12.1 Å². The van der Waals surface area contributed by atoms with Gasteiger partial charge in [-0.1, -0.05) is 12.1 Å². The molecule has 24 heavy (non-hydrogen) atoms. The van der Waals surface area contributed by atoms with E-state index >= 15 is 0 Å². The maximum absolute atomic E-state index is 12.5. The molecule has 0 aromatic heterocycles. The molecule has 2 rings (SSSR count). The molecule has 3 nitrogen and oxygen atoms in total. The van der Waals surface area contributed by atoms with Crippen molar-refractivity contribution in [2.24, 2.45) is 0 Å². The molecule has 0 radical (unpaired) electrons. The zero-order valence-corrected chi connectivity index (χ0v) is 13.2. The summed E-state index contributed by atoms with van der Waals surface area (Å²) < 4.78 is 42.9. The van der Waals surface area contributed by atoms with E-state index in [4.69, 9.17) is 4.74 Å². The second-order valence-electron chi connectivity index (χ2n) is 5.35. The fourth-order valence-corrected chi connectivity index (χ4v) is 2.08. The predicted octanol–water partition coefficient (Wildman–Crippen LogP) is 4.21. The lowest BCUT2D eigenvalue weighted by atomic mass is 10.1. The summed E-state index contributed by atoms with van der Waals surface area (Å²) in [6.45, 7) is 2.79.